The van der Waals surface area contributed by atoms with Gasteiger partial charge in [0.15, 0.2) is 6.23 Å². The first-order valence-corrected chi connectivity index (χ1v) is 8.91. The van der Waals surface area contributed by atoms with E-state index in [-0.39, 0.29) is 6.23 Å². The van der Waals surface area contributed by atoms with E-state index in [0.717, 1.165) is 32.5 Å². The maximum absolute atomic E-state index is 10.1. The minimum absolute atomic E-state index is 0.318. The minimum Gasteiger partial charge on any atom is -0.345 e. The van der Waals surface area contributed by atoms with E-state index in [2.05, 4.69) is 31.0 Å². The summed E-state index contributed by atoms with van der Waals surface area (Å²) < 4.78 is 0.710. The normalized spacial score (nSPS) is 23.7. The molecule has 0 aromatic carbocycles. The second-order valence-electron chi connectivity index (χ2n) is 6.19. The van der Waals surface area contributed by atoms with Gasteiger partial charge in [-0.3, -0.25) is 4.48 Å². The molecule has 2 unspecified atom stereocenters. The highest BCUT2D eigenvalue weighted by molar-refractivity contribution is 5.76. The SMILES string of the molecule is CC/C=C/CCCCCCCC1=NCC[N+]1(CC)C(C)O. The van der Waals surface area contributed by atoms with Crippen LogP contribution in [0.15, 0.2) is 17.1 Å². The zero-order valence-electron chi connectivity index (χ0n) is 14.4. The molecule has 0 aromatic rings. The van der Waals surface area contributed by atoms with E-state index >= 15 is 0 Å². The van der Waals surface area contributed by atoms with Crippen LogP contribution in [-0.4, -0.2) is 41.3 Å². The van der Waals surface area contributed by atoms with Crippen LogP contribution < -0.4 is 0 Å². The molecular formula is C18H35N2O+. The molecule has 0 fully saturated rings. The van der Waals surface area contributed by atoms with Crippen LogP contribution in [0.4, 0.5) is 0 Å². The number of unbranched alkanes of at least 4 members (excludes halogenated alkanes) is 5. The molecule has 1 heterocycles. The van der Waals surface area contributed by atoms with Gasteiger partial charge in [0, 0.05) is 13.3 Å². The fraction of sp³-hybridized carbons (Fsp3) is 0.833. The maximum atomic E-state index is 10.1. The molecule has 0 bridgehead atoms. The van der Waals surface area contributed by atoms with Crippen molar-refractivity contribution in [2.45, 2.75) is 78.4 Å². The number of aliphatic hydroxyl groups excluding tert-OH is 1. The Morgan fingerprint density at radius 3 is 2.52 bits per heavy atom. The van der Waals surface area contributed by atoms with Gasteiger partial charge in [0.25, 0.3) is 0 Å². The molecule has 122 valence electrons. The number of amidine groups is 1. The number of aliphatic hydroxyl groups is 1. The Hall–Kier alpha value is -0.670. The predicted molar refractivity (Wildman–Crippen MR) is 91.4 cm³/mol. The van der Waals surface area contributed by atoms with E-state index in [4.69, 9.17) is 0 Å². The quantitative estimate of drug-likeness (QED) is 0.344. The third-order valence-electron chi connectivity index (χ3n) is 4.76. The van der Waals surface area contributed by atoms with Crippen LogP contribution in [0.2, 0.25) is 0 Å². The zero-order chi connectivity index (χ0) is 15.6. The van der Waals surface area contributed by atoms with Crippen LogP contribution in [-0.2, 0) is 0 Å². The highest BCUT2D eigenvalue weighted by Gasteiger charge is 2.40. The van der Waals surface area contributed by atoms with Crippen molar-refractivity contribution in [3.05, 3.63) is 12.2 Å². The standard InChI is InChI=1S/C18H35N2O/c1-4-6-7-8-9-10-11-12-13-14-18-19-15-16-20(18,5-2)17(3)21/h6-7,17,21H,4-5,8-16H2,1-3H3/q+1/b7-6+. The van der Waals surface area contributed by atoms with Gasteiger partial charge in [-0.15, -0.1) is 0 Å². The van der Waals surface area contributed by atoms with Crippen molar-refractivity contribution in [3.63, 3.8) is 0 Å². The largest absolute Gasteiger partial charge is 0.345 e. The van der Waals surface area contributed by atoms with Crippen molar-refractivity contribution in [1.29, 1.82) is 0 Å². The Labute approximate surface area is 131 Å². The van der Waals surface area contributed by atoms with Crippen molar-refractivity contribution in [3.8, 4) is 0 Å². The average Bonchev–Trinajstić information content (AvgIpc) is 2.89. The monoisotopic (exact) mass is 295 g/mol. The molecule has 0 saturated carbocycles. The van der Waals surface area contributed by atoms with Gasteiger partial charge in [0.1, 0.15) is 6.54 Å². The Balaban J connectivity index is 2.16. The Morgan fingerprint density at radius 1 is 1.14 bits per heavy atom. The fourth-order valence-electron chi connectivity index (χ4n) is 3.30. The average molecular weight is 295 g/mol. The molecule has 1 rings (SSSR count). The molecule has 0 amide bonds. The summed E-state index contributed by atoms with van der Waals surface area (Å²) in [6, 6.07) is 0. The van der Waals surface area contributed by atoms with Gasteiger partial charge in [-0.2, -0.15) is 0 Å². The molecule has 0 saturated heterocycles. The summed E-state index contributed by atoms with van der Waals surface area (Å²) in [6.07, 6.45) is 14.2. The summed E-state index contributed by atoms with van der Waals surface area (Å²) in [4.78, 5) is 4.67. The first-order valence-electron chi connectivity index (χ1n) is 8.91. The molecule has 0 radical (unpaired) electrons. The molecule has 1 aliphatic heterocycles. The molecule has 2 atom stereocenters. The number of hydrogen-bond acceptors (Lipinski definition) is 2. The van der Waals surface area contributed by atoms with Crippen LogP contribution in [0.5, 0.6) is 0 Å². The molecule has 0 spiro atoms. The van der Waals surface area contributed by atoms with Crippen LogP contribution in [0, 0.1) is 0 Å². The number of likely N-dealkylation sites (N-methyl/N-ethyl adjacent to an activating group) is 1. The highest BCUT2D eigenvalue weighted by Crippen LogP contribution is 2.22. The topological polar surface area (TPSA) is 32.6 Å². The van der Waals surface area contributed by atoms with Crippen molar-refractivity contribution in [2.75, 3.05) is 19.6 Å². The van der Waals surface area contributed by atoms with Crippen molar-refractivity contribution in [1.82, 2.24) is 0 Å². The smallest absolute Gasteiger partial charge is 0.200 e. The van der Waals surface area contributed by atoms with Gasteiger partial charge >= 0.3 is 0 Å². The first-order chi connectivity index (χ1) is 10.2. The molecular weight excluding hydrogens is 260 g/mol. The summed E-state index contributed by atoms with van der Waals surface area (Å²) in [5.74, 6) is 1.23. The molecule has 3 nitrogen and oxygen atoms in total. The lowest BCUT2D eigenvalue weighted by Gasteiger charge is -2.36. The van der Waals surface area contributed by atoms with Crippen molar-refractivity contribution >= 4 is 5.84 Å². The Kier molecular flexibility index (Phi) is 8.86. The summed E-state index contributed by atoms with van der Waals surface area (Å²) >= 11 is 0. The van der Waals surface area contributed by atoms with Gasteiger partial charge in [0.05, 0.1) is 13.1 Å². The summed E-state index contributed by atoms with van der Waals surface area (Å²) in [5, 5.41) is 10.1. The lowest BCUT2D eigenvalue weighted by atomic mass is 10.1. The molecule has 1 aliphatic rings. The number of aliphatic imine (C=N–C) groups is 1. The molecule has 1 N–H and O–H groups in total. The summed E-state index contributed by atoms with van der Waals surface area (Å²) in [5.41, 5.74) is 0. The van der Waals surface area contributed by atoms with E-state index in [1.165, 1.54) is 44.4 Å². The summed E-state index contributed by atoms with van der Waals surface area (Å²) in [7, 11) is 0. The number of nitrogens with zero attached hydrogens (tertiary/aromatic N) is 2. The van der Waals surface area contributed by atoms with Crippen LogP contribution in [0.1, 0.15) is 72.1 Å². The molecule has 21 heavy (non-hydrogen) atoms. The second kappa shape index (κ2) is 10.1. The van der Waals surface area contributed by atoms with Gasteiger partial charge in [-0.1, -0.05) is 38.3 Å². The van der Waals surface area contributed by atoms with Gasteiger partial charge < -0.3 is 5.11 Å². The van der Waals surface area contributed by atoms with E-state index in [9.17, 15) is 5.11 Å². The number of rotatable bonds is 11. The van der Waals surface area contributed by atoms with E-state index in [1.807, 2.05) is 6.92 Å². The Morgan fingerprint density at radius 2 is 1.86 bits per heavy atom. The number of allylic oxidation sites excluding steroid dienone is 2. The predicted octanol–water partition coefficient (Wildman–Crippen LogP) is 4.27. The second-order valence-corrected chi connectivity index (χ2v) is 6.19. The van der Waals surface area contributed by atoms with Gasteiger partial charge in [0.2, 0.25) is 5.84 Å². The van der Waals surface area contributed by atoms with Crippen LogP contribution in [0.3, 0.4) is 0 Å². The summed E-state index contributed by atoms with van der Waals surface area (Å²) in [6.45, 7) is 9.08. The first kappa shape index (κ1) is 18.4. The number of quaternary nitrogens is 1. The minimum atomic E-state index is -0.318. The lowest BCUT2D eigenvalue weighted by Crippen LogP contribution is -2.56. The van der Waals surface area contributed by atoms with Gasteiger partial charge in [-0.05, 0) is 32.6 Å². The molecule has 3 heteroatoms. The van der Waals surface area contributed by atoms with Crippen LogP contribution >= 0.6 is 0 Å². The third kappa shape index (κ3) is 5.55. The van der Waals surface area contributed by atoms with E-state index in [1.54, 1.807) is 0 Å². The molecule has 0 aromatic heterocycles. The van der Waals surface area contributed by atoms with E-state index < -0.39 is 0 Å². The Bertz CT molecular complexity index is 336. The fourth-order valence-corrected chi connectivity index (χ4v) is 3.30. The zero-order valence-corrected chi connectivity index (χ0v) is 14.4. The van der Waals surface area contributed by atoms with E-state index in [0.29, 0.717) is 4.48 Å². The van der Waals surface area contributed by atoms with Crippen LogP contribution in [0.25, 0.3) is 0 Å². The van der Waals surface area contributed by atoms with Gasteiger partial charge in [-0.25, -0.2) is 4.99 Å². The maximum Gasteiger partial charge on any atom is 0.200 e. The highest BCUT2D eigenvalue weighted by atomic mass is 16.3. The van der Waals surface area contributed by atoms with Crippen molar-refractivity contribution in [2.24, 2.45) is 4.99 Å². The number of hydrogen-bond donors (Lipinski definition) is 1. The van der Waals surface area contributed by atoms with Crippen molar-refractivity contribution < 1.29 is 9.59 Å². The molecule has 0 aliphatic carbocycles. The lowest BCUT2D eigenvalue weighted by molar-refractivity contribution is -0.882. The third-order valence-corrected chi connectivity index (χ3v) is 4.76.